The molecule has 2 heteroatoms. The lowest BCUT2D eigenvalue weighted by Crippen LogP contribution is -2.49. The highest BCUT2D eigenvalue weighted by atomic mass is 15.2. The highest BCUT2D eigenvalue weighted by Gasteiger charge is 2.25. The summed E-state index contributed by atoms with van der Waals surface area (Å²) in [6.07, 6.45) is 0. The van der Waals surface area contributed by atoms with Gasteiger partial charge in [0.05, 0.1) is 0 Å². The number of hydrogen-bond acceptors (Lipinski definition) is 2. The molecule has 1 N–H and O–H groups in total. The molecular weight excluding hydrogens is 184 g/mol. The summed E-state index contributed by atoms with van der Waals surface area (Å²) in [7, 11) is 2.22. The van der Waals surface area contributed by atoms with Gasteiger partial charge in [0.25, 0.3) is 0 Å². The SMILES string of the molecule is Cc1cccc(C2CNC[C@@H](C)N2C)c1. The van der Waals surface area contributed by atoms with Crippen LogP contribution in [-0.4, -0.2) is 31.1 Å². The van der Waals surface area contributed by atoms with Gasteiger partial charge in [-0.25, -0.2) is 0 Å². The molecule has 15 heavy (non-hydrogen) atoms. The number of benzene rings is 1. The Morgan fingerprint density at radius 2 is 2.13 bits per heavy atom. The molecule has 1 aliphatic heterocycles. The second-order valence-electron chi connectivity index (χ2n) is 4.60. The van der Waals surface area contributed by atoms with Crippen LogP contribution in [0.3, 0.4) is 0 Å². The largest absolute Gasteiger partial charge is 0.313 e. The van der Waals surface area contributed by atoms with Crippen LogP contribution < -0.4 is 5.32 Å². The van der Waals surface area contributed by atoms with Gasteiger partial charge >= 0.3 is 0 Å². The molecule has 2 rings (SSSR count). The molecule has 0 amide bonds. The van der Waals surface area contributed by atoms with E-state index >= 15 is 0 Å². The first-order valence-electron chi connectivity index (χ1n) is 5.67. The molecule has 1 aliphatic rings. The van der Waals surface area contributed by atoms with Gasteiger partial charge in [0.2, 0.25) is 0 Å². The normalized spacial score (nSPS) is 27.9. The van der Waals surface area contributed by atoms with Gasteiger partial charge in [0, 0.05) is 25.2 Å². The van der Waals surface area contributed by atoms with Crippen molar-refractivity contribution in [2.75, 3.05) is 20.1 Å². The lowest BCUT2D eigenvalue weighted by atomic mass is 10.00. The molecule has 0 radical (unpaired) electrons. The fraction of sp³-hybridized carbons (Fsp3) is 0.538. The van der Waals surface area contributed by atoms with E-state index in [1.807, 2.05) is 0 Å². The smallest absolute Gasteiger partial charge is 0.0473 e. The molecule has 1 fully saturated rings. The predicted octanol–water partition coefficient (Wildman–Crippen LogP) is 1.96. The van der Waals surface area contributed by atoms with E-state index in [1.54, 1.807) is 0 Å². The quantitative estimate of drug-likeness (QED) is 0.752. The maximum absolute atomic E-state index is 3.49. The van der Waals surface area contributed by atoms with Gasteiger partial charge in [-0.15, -0.1) is 0 Å². The standard InChI is InChI=1S/C13H20N2/c1-10-5-4-6-12(7-10)13-9-14-8-11(2)15(13)3/h4-7,11,13-14H,8-9H2,1-3H3/t11-,13?/m1/s1. The van der Waals surface area contributed by atoms with Crippen molar-refractivity contribution in [1.82, 2.24) is 10.2 Å². The van der Waals surface area contributed by atoms with Gasteiger partial charge in [-0.05, 0) is 26.5 Å². The second kappa shape index (κ2) is 4.33. The van der Waals surface area contributed by atoms with Crippen LogP contribution in [0.2, 0.25) is 0 Å². The Hall–Kier alpha value is -0.860. The zero-order valence-corrected chi connectivity index (χ0v) is 9.83. The number of rotatable bonds is 1. The van der Waals surface area contributed by atoms with E-state index in [0.717, 1.165) is 13.1 Å². The van der Waals surface area contributed by atoms with Crippen LogP contribution in [0.1, 0.15) is 24.1 Å². The average Bonchev–Trinajstić information content (AvgIpc) is 2.22. The summed E-state index contributed by atoms with van der Waals surface area (Å²) in [4.78, 5) is 2.46. The summed E-state index contributed by atoms with van der Waals surface area (Å²) in [6, 6.07) is 9.97. The van der Waals surface area contributed by atoms with Crippen LogP contribution in [-0.2, 0) is 0 Å². The Bertz CT molecular complexity index is 335. The van der Waals surface area contributed by atoms with E-state index in [9.17, 15) is 0 Å². The number of nitrogens with one attached hydrogen (secondary N) is 1. The Labute approximate surface area is 92.3 Å². The van der Waals surface area contributed by atoms with Gasteiger partial charge in [-0.2, -0.15) is 0 Å². The average molecular weight is 204 g/mol. The van der Waals surface area contributed by atoms with Crippen LogP contribution in [0.15, 0.2) is 24.3 Å². The van der Waals surface area contributed by atoms with E-state index in [0.29, 0.717) is 12.1 Å². The molecule has 1 saturated heterocycles. The zero-order valence-electron chi connectivity index (χ0n) is 9.83. The molecule has 0 saturated carbocycles. The summed E-state index contributed by atoms with van der Waals surface area (Å²) in [5.74, 6) is 0. The lowest BCUT2D eigenvalue weighted by molar-refractivity contribution is 0.141. The van der Waals surface area contributed by atoms with Crippen LogP contribution in [0.5, 0.6) is 0 Å². The maximum Gasteiger partial charge on any atom is 0.0473 e. The molecule has 0 aliphatic carbocycles. The lowest BCUT2D eigenvalue weighted by Gasteiger charge is -2.38. The third kappa shape index (κ3) is 2.21. The monoisotopic (exact) mass is 204 g/mol. The fourth-order valence-corrected chi connectivity index (χ4v) is 2.25. The number of likely N-dealkylation sites (N-methyl/N-ethyl adjacent to an activating group) is 1. The minimum absolute atomic E-state index is 0.522. The third-order valence-corrected chi connectivity index (χ3v) is 3.39. The van der Waals surface area contributed by atoms with Gasteiger partial charge in [-0.3, -0.25) is 4.90 Å². The molecule has 1 unspecified atom stereocenters. The number of hydrogen-bond donors (Lipinski definition) is 1. The first-order valence-corrected chi connectivity index (χ1v) is 5.67. The highest BCUT2D eigenvalue weighted by molar-refractivity contribution is 5.26. The number of aryl methyl sites for hydroxylation is 1. The van der Waals surface area contributed by atoms with Crippen molar-refractivity contribution in [3.8, 4) is 0 Å². The van der Waals surface area contributed by atoms with Gasteiger partial charge in [0.1, 0.15) is 0 Å². The van der Waals surface area contributed by atoms with Crippen molar-refractivity contribution in [3.05, 3.63) is 35.4 Å². The van der Waals surface area contributed by atoms with Crippen LogP contribution in [0, 0.1) is 6.92 Å². The molecule has 2 nitrogen and oxygen atoms in total. The van der Waals surface area contributed by atoms with Gasteiger partial charge in [0.15, 0.2) is 0 Å². The van der Waals surface area contributed by atoms with E-state index in [1.165, 1.54) is 11.1 Å². The minimum Gasteiger partial charge on any atom is -0.313 e. The van der Waals surface area contributed by atoms with E-state index in [-0.39, 0.29) is 0 Å². The Balaban J connectivity index is 2.22. The molecular formula is C13H20N2. The van der Waals surface area contributed by atoms with E-state index in [2.05, 4.69) is 55.4 Å². The van der Waals surface area contributed by atoms with Crippen molar-refractivity contribution in [1.29, 1.82) is 0 Å². The van der Waals surface area contributed by atoms with Crippen molar-refractivity contribution in [2.24, 2.45) is 0 Å². The first-order chi connectivity index (χ1) is 7.18. The molecule has 1 heterocycles. The molecule has 0 spiro atoms. The third-order valence-electron chi connectivity index (χ3n) is 3.39. The Kier molecular flexibility index (Phi) is 3.08. The van der Waals surface area contributed by atoms with Crippen molar-refractivity contribution in [3.63, 3.8) is 0 Å². The molecule has 0 aromatic heterocycles. The van der Waals surface area contributed by atoms with Crippen LogP contribution >= 0.6 is 0 Å². The number of piperazine rings is 1. The maximum atomic E-state index is 3.49. The van der Waals surface area contributed by atoms with E-state index < -0.39 is 0 Å². The summed E-state index contributed by atoms with van der Waals surface area (Å²) < 4.78 is 0. The summed E-state index contributed by atoms with van der Waals surface area (Å²) in [5, 5.41) is 3.49. The van der Waals surface area contributed by atoms with Crippen LogP contribution in [0.4, 0.5) is 0 Å². The summed E-state index contributed by atoms with van der Waals surface area (Å²) in [6.45, 7) is 6.58. The topological polar surface area (TPSA) is 15.3 Å². The van der Waals surface area contributed by atoms with Crippen molar-refractivity contribution < 1.29 is 0 Å². The predicted molar refractivity (Wildman–Crippen MR) is 64.0 cm³/mol. The van der Waals surface area contributed by atoms with Gasteiger partial charge in [-0.1, -0.05) is 29.8 Å². The summed E-state index contributed by atoms with van der Waals surface area (Å²) in [5.41, 5.74) is 2.77. The zero-order chi connectivity index (χ0) is 10.8. The van der Waals surface area contributed by atoms with Crippen molar-refractivity contribution in [2.45, 2.75) is 25.9 Å². The van der Waals surface area contributed by atoms with E-state index in [4.69, 9.17) is 0 Å². The van der Waals surface area contributed by atoms with Crippen molar-refractivity contribution >= 4 is 0 Å². The highest BCUT2D eigenvalue weighted by Crippen LogP contribution is 2.23. The van der Waals surface area contributed by atoms with Gasteiger partial charge < -0.3 is 5.32 Å². The summed E-state index contributed by atoms with van der Waals surface area (Å²) >= 11 is 0. The Morgan fingerprint density at radius 3 is 2.87 bits per heavy atom. The molecule has 2 atom stereocenters. The minimum atomic E-state index is 0.522. The van der Waals surface area contributed by atoms with Crippen LogP contribution in [0.25, 0.3) is 0 Å². The molecule has 1 aromatic rings. The number of nitrogens with zero attached hydrogens (tertiary/aromatic N) is 1. The first kappa shape index (κ1) is 10.7. The Morgan fingerprint density at radius 1 is 1.33 bits per heavy atom. The molecule has 82 valence electrons. The second-order valence-corrected chi connectivity index (χ2v) is 4.60. The molecule has 1 aromatic carbocycles. The fourth-order valence-electron chi connectivity index (χ4n) is 2.25. The molecule has 0 bridgehead atoms.